The third-order valence-corrected chi connectivity index (χ3v) is 7.63. The number of benzene rings is 1. The summed E-state index contributed by atoms with van der Waals surface area (Å²) in [6, 6.07) is 4.91. The minimum atomic E-state index is -4.81. The molecule has 0 spiro atoms. The van der Waals surface area contributed by atoms with E-state index < -0.39 is 47.8 Å². The van der Waals surface area contributed by atoms with Gasteiger partial charge in [0.25, 0.3) is 5.92 Å². The second-order valence-corrected chi connectivity index (χ2v) is 10.5. The summed E-state index contributed by atoms with van der Waals surface area (Å²) in [5, 5.41) is 8.16. The third-order valence-electron chi connectivity index (χ3n) is 7.63. The number of likely N-dealkylation sites (tertiary alicyclic amines) is 1. The monoisotopic (exact) mass is 550 g/mol. The lowest BCUT2D eigenvalue weighted by atomic mass is 9.72. The number of hydrogen-bond donors (Lipinski definition) is 0. The molecule has 1 aliphatic carbocycles. The van der Waals surface area contributed by atoms with E-state index in [1.54, 1.807) is 24.0 Å². The Bertz CT molecular complexity index is 1610. The van der Waals surface area contributed by atoms with E-state index in [0.717, 1.165) is 46.6 Å². The van der Waals surface area contributed by atoms with E-state index in [-0.39, 0.29) is 29.6 Å². The molecule has 1 aromatic carbocycles. The SMILES string of the molecule is Cn1cnnc1[C@H](c1cc(F)cc(-n2cc3c(C(F)(F)F)cc(CN4CC(F)(F)C4)cn3c2=O)c1)C1CCC1. The Labute approximate surface area is 218 Å². The van der Waals surface area contributed by atoms with Gasteiger partial charge in [-0.15, -0.1) is 10.2 Å². The number of imidazole rings is 1. The Morgan fingerprint density at radius 1 is 1.10 bits per heavy atom. The van der Waals surface area contributed by atoms with Crippen molar-refractivity contribution < 1.29 is 26.3 Å². The van der Waals surface area contributed by atoms with Gasteiger partial charge in [-0.3, -0.25) is 13.9 Å². The van der Waals surface area contributed by atoms with Crippen molar-refractivity contribution in [3.63, 3.8) is 0 Å². The van der Waals surface area contributed by atoms with E-state index in [1.165, 1.54) is 17.2 Å². The molecule has 13 heteroatoms. The molecule has 7 nitrogen and oxygen atoms in total. The molecule has 6 rings (SSSR count). The first-order valence-corrected chi connectivity index (χ1v) is 12.5. The van der Waals surface area contributed by atoms with Crippen LogP contribution in [0.3, 0.4) is 0 Å². The molecule has 0 radical (unpaired) electrons. The average molecular weight is 551 g/mol. The van der Waals surface area contributed by atoms with Crippen LogP contribution >= 0.6 is 0 Å². The second-order valence-electron chi connectivity index (χ2n) is 10.5. The van der Waals surface area contributed by atoms with Crippen molar-refractivity contribution in [1.29, 1.82) is 0 Å². The Kier molecular flexibility index (Phi) is 5.90. The summed E-state index contributed by atoms with van der Waals surface area (Å²) in [7, 11) is 1.78. The fourth-order valence-corrected chi connectivity index (χ4v) is 5.62. The molecule has 206 valence electrons. The maximum absolute atomic E-state index is 15.0. The molecule has 39 heavy (non-hydrogen) atoms. The van der Waals surface area contributed by atoms with Crippen LogP contribution in [0.5, 0.6) is 0 Å². The molecule has 3 aromatic heterocycles. The van der Waals surface area contributed by atoms with Crippen molar-refractivity contribution in [2.45, 2.75) is 43.8 Å². The summed E-state index contributed by atoms with van der Waals surface area (Å²) in [5.41, 5.74) is -1.64. The van der Waals surface area contributed by atoms with Crippen molar-refractivity contribution in [2.75, 3.05) is 13.1 Å². The summed E-state index contributed by atoms with van der Waals surface area (Å²) in [5.74, 6) is -3.02. The smallest absolute Gasteiger partial charge is 0.320 e. The Hall–Kier alpha value is -3.61. The quantitative estimate of drug-likeness (QED) is 0.325. The standard InChI is InChI=1S/C26H24F6N6O/c1-35-14-33-34-23(35)22(16-3-2-4-16)17-6-18(27)8-19(7-17)37-11-21-20(26(30,31)32)5-15(10-38(21)24(37)39)9-36-12-25(28,29)13-36/h5-8,10-11,14,16,22H,2-4,9,12-13H2,1H3/t22-/m0/s1. The van der Waals surface area contributed by atoms with E-state index >= 15 is 0 Å². The highest BCUT2D eigenvalue weighted by Gasteiger charge is 2.44. The molecule has 0 amide bonds. The molecule has 0 bridgehead atoms. The maximum atomic E-state index is 15.0. The first-order valence-electron chi connectivity index (χ1n) is 12.5. The number of pyridine rings is 1. The molecule has 1 atom stereocenters. The van der Waals surface area contributed by atoms with Crippen molar-refractivity contribution in [1.82, 2.24) is 28.6 Å². The van der Waals surface area contributed by atoms with Crippen LogP contribution in [-0.2, 0) is 19.8 Å². The molecule has 1 saturated carbocycles. The summed E-state index contributed by atoms with van der Waals surface area (Å²) in [4.78, 5) is 14.7. The average Bonchev–Trinajstić information content (AvgIpc) is 3.36. The molecule has 1 saturated heterocycles. The zero-order valence-corrected chi connectivity index (χ0v) is 20.8. The fraction of sp³-hybridized carbons (Fsp3) is 0.423. The van der Waals surface area contributed by atoms with Crippen LogP contribution in [0.2, 0.25) is 0 Å². The molecule has 1 aliphatic heterocycles. The van der Waals surface area contributed by atoms with Gasteiger partial charge >= 0.3 is 11.9 Å². The number of nitrogens with zero attached hydrogens (tertiary/aromatic N) is 6. The van der Waals surface area contributed by atoms with E-state index in [0.29, 0.717) is 11.4 Å². The summed E-state index contributed by atoms with van der Waals surface area (Å²) in [6.07, 6.45) is 1.81. The number of hydrogen-bond acceptors (Lipinski definition) is 4. The van der Waals surface area contributed by atoms with Gasteiger partial charge in [0.05, 0.1) is 29.9 Å². The molecule has 2 aliphatic rings. The highest BCUT2D eigenvalue weighted by Crippen LogP contribution is 2.43. The molecular formula is C26H24F6N6O. The van der Waals surface area contributed by atoms with Crippen molar-refractivity contribution in [2.24, 2.45) is 13.0 Å². The van der Waals surface area contributed by atoms with E-state index in [9.17, 15) is 31.1 Å². The second kappa shape index (κ2) is 8.97. The predicted octanol–water partition coefficient (Wildman–Crippen LogP) is 4.76. The largest absolute Gasteiger partial charge is 0.418 e. The van der Waals surface area contributed by atoms with Gasteiger partial charge in [-0.05, 0) is 54.2 Å². The van der Waals surface area contributed by atoms with E-state index in [1.807, 2.05) is 0 Å². The Morgan fingerprint density at radius 2 is 1.85 bits per heavy atom. The van der Waals surface area contributed by atoms with Crippen molar-refractivity contribution in [3.05, 3.63) is 81.8 Å². The van der Waals surface area contributed by atoms with Gasteiger partial charge in [-0.2, -0.15) is 13.2 Å². The third kappa shape index (κ3) is 4.62. The summed E-state index contributed by atoms with van der Waals surface area (Å²) >= 11 is 0. The lowest BCUT2D eigenvalue weighted by molar-refractivity contribution is -0.138. The van der Waals surface area contributed by atoms with E-state index in [4.69, 9.17) is 0 Å². The Morgan fingerprint density at radius 3 is 2.44 bits per heavy atom. The Balaban J connectivity index is 1.45. The number of aromatic nitrogens is 5. The molecular weight excluding hydrogens is 526 g/mol. The topological polar surface area (TPSA) is 60.4 Å². The maximum Gasteiger partial charge on any atom is 0.418 e. The lowest BCUT2D eigenvalue weighted by Crippen LogP contribution is -2.55. The molecule has 4 aromatic rings. The number of alkyl halides is 5. The molecule has 0 N–H and O–H groups in total. The summed E-state index contributed by atoms with van der Waals surface area (Å²) < 4.78 is 87.1. The van der Waals surface area contributed by atoms with E-state index in [2.05, 4.69) is 10.2 Å². The van der Waals surface area contributed by atoms with Gasteiger partial charge in [0.2, 0.25) is 0 Å². The zero-order chi connectivity index (χ0) is 27.7. The number of fused-ring (bicyclic) bond motifs is 1. The first-order chi connectivity index (χ1) is 18.4. The number of rotatable bonds is 6. The molecule has 4 heterocycles. The van der Waals surface area contributed by atoms with Crippen LogP contribution in [0.15, 0.2) is 47.8 Å². The van der Waals surface area contributed by atoms with Gasteiger partial charge in [0.15, 0.2) is 0 Å². The van der Waals surface area contributed by atoms with Crippen molar-refractivity contribution >= 4 is 5.52 Å². The van der Waals surface area contributed by atoms with Gasteiger partial charge < -0.3 is 4.57 Å². The minimum absolute atomic E-state index is 0.0671. The lowest BCUT2D eigenvalue weighted by Gasteiger charge is -2.38. The fourth-order valence-electron chi connectivity index (χ4n) is 5.62. The number of aryl methyl sites for hydroxylation is 1. The highest BCUT2D eigenvalue weighted by atomic mass is 19.4. The highest BCUT2D eigenvalue weighted by molar-refractivity contribution is 5.58. The van der Waals surface area contributed by atoms with Crippen LogP contribution in [0, 0.1) is 11.7 Å². The minimum Gasteiger partial charge on any atom is -0.320 e. The van der Waals surface area contributed by atoms with Gasteiger partial charge in [-0.25, -0.2) is 18.0 Å². The number of halogens is 6. The molecule has 0 unspecified atom stereocenters. The zero-order valence-electron chi connectivity index (χ0n) is 20.8. The normalized spacial score (nSPS) is 18.7. The first kappa shape index (κ1) is 25.7. The predicted molar refractivity (Wildman–Crippen MR) is 128 cm³/mol. The van der Waals surface area contributed by atoms with Crippen molar-refractivity contribution in [3.8, 4) is 5.69 Å². The van der Waals surface area contributed by atoms with Gasteiger partial charge in [-0.1, -0.05) is 6.42 Å². The van der Waals surface area contributed by atoms with Crippen LogP contribution in [0.4, 0.5) is 26.3 Å². The molecule has 2 fully saturated rings. The van der Waals surface area contributed by atoms with Crippen LogP contribution in [-0.4, -0.2) is 47.6 Å². The van der Waals surface area contributed by atoms with Crippen LogP contribution in [0.1, 0.15) is 47.7 Å². The van der Waals surface area contributed by atoms with Crippen LogP contribution in [0.25, 0.3) is 11.2 Å². The summed E-state index contributed by atoms with van der Waals surface area (Å²) in [6.45, 7) is -1.30. The van der Waals surface area contributed by atoms with Crippen LogP contribution < -0.4 is 5.69 Å². The van der Waals surface area contributed by atoms with Gasteiger partial charge in [0.1, 0.15) is 18.0 Å². The van der Waals surface area contributed by atoms with Gasteiger partial charge in [0, 0.05) is 31.9 Å².